The Bertz CT molecular complexity index is 1320. The third-order valence-electron chi connectivity index (χ3n) is 7.73. The van der Waals surface area contributed by atoms with Crippen molar-refractivity contribution in [2.75, 3.05) is 53.0 Å². The summed E-state index contributed by atoms with van der Waals surface area (Å²) in [7, 11) is 2.05. The van der Waals surface area contributed by atoms with E-state index < -0.39 is 11.9 Å². The molecule has 2 aromatic rings. The topological polar surface area (TPSA) is 88.9 Å². The molecule has 1 amide bonds. The van der Waals surface area contributed by atoms with Gasteiger partial charge in [-0.15, -0.1) is 0 Å². The summed E-state index contributed by atoms with van der Waals surface area (Å²) in [5, 5.41) is 3.82. The summed E-state index contributed by atoms with van der Waals surface area (Å²) >= 11 is 6.71. The number of dihydropyridines is 1. The van der Waals surface area contributed by atoms with E-state index in [9.17, 15) is 9.59 Å². The molecule has 2 aliphatic rings. The average Bonchev–Trinajstić information content (AvgIpc) is 3.16. The SMILES string of the molecule is CCOC(=O)C1=C(COCCn2c(C)nc(C)c2C)NC(C)=C(C(=O)N2CCN(C)CC2)C1c1ccccc1Cl. The Balaban J connectivity index is 1.69. The summed E-state index contributed by atoms with van der Waals surface area (Å²) in [6.45, 7) is 13.9. The molecule has 1 unspecified atom stereocenters. The van der Waals surface area contributed by atoms with Gasteiger partial charge >= 0.3 is 5.97 Å². The second kappa shape index (κ2) is 13.0. The molecule has 216 valence electrons. The number of nitrogens with one attached hydrogen (secondary N) is 1. The molecule has 3 heterocycles. The molecule has 1 N–H and O–H groups in total. The number of imidazole rings is 1. The number of ether oxygens (including phenoxy) is 2. The second-order valence-electron chi connectivity index (χ2n) is 10.4. The molecule has 1 atom stereocenters. The van der Waals surface area contributed by atoms with Gasteiger partial charge in [0.05, 0.1) is 42.7 Å². The number of esters is 1. The highest BCUT2D eigenvalue weighted by Gasteiger charge is 2.40. The van der Waals surface area contributed by atoms with E-state index >= 15 is 0 Å². The third-order valence-corrected chi connectivity index (χ3v) is 8.08. The molecule has 0 aliphatic carbocycles. The summed E-state index contributed by atoms with van der Waals surface area (Å²) in [5.41, 5.74) is 4.90. The first-order valence-corrected chi connectivity index (χ1v) is 14.2. The second-order valence-corrected chi connectivity index (χ2v) is 10.8. The number of carbonyl (C=O) groups is 2. The van der Waals surface area contributed by atoms with Crippen LogP contribution in [0.1, 0.15) is 42.5 Å². The van der Waals surface area contributed by atoms with E-state index in [1.165, 1.54) is 0 Å². The van der Waals surface area contributed by atoms with E-state index in [1.54, 1.807) is 13.0 Å². The normalized spacial score (nSPS) is 18.3. The number of benzene rings is 1. The summed E-state index contributed by atoms with van der Waals surface area (Å²) in [5.74, 6) is -0.358. The van der Waals surface area contributed by atoms with Gasteiger partial charge in [0.2, 0.25) is 0 Å². The van der Waals surface area contributed by atoms with Crippen molar-refractivity contribution < 1.29 is 19.1 Å². The summed E-state index contributed by atoms with van der Waals surface area (Å²) in [4.78, 5) is 36.2. The predicted molar refractivity (Wildman–Crippen MR) is 155 cm³/mol. The van der Waals surface area contributed by atoms with Gasteiger partial charge < -0.3 is 29.2 Å². The fraction of sp³-hybridized carbons (Fsp3) is 0.500. The van der Waals surface area contributed by atoms with E-state index in [-0.39, 0.29) is 19.1 Å². The number of piperazine rings is 1. The first-order valence-electron chi connectivity index (χ1n) is 13.8. The highest BCUT2D eigenvalue weighted by Crippen LogP contribution is 2.42. The number of hydrogen-bond acceptors (Lipinski definition) is 7. The van der Waals surface area contributed by atoms with Gasteiger partial charge in [-0.05, 0) is 53.3 Å². The van der Waals surface area contributed by atoms with Crippen molar-refractivity contribution in [1.82, 2.24) is 24.7 Å². The highest BCUT2D eigenvalue weighted by molar-refractivity contribution is 6.31. The quantitative estimate of drug-likeness (QED) is 0.363. The van der Waals surface area contributed by atoms with E-state index in [2.05, 4.69) is 19.8 Å². The van der Waals surface area contributed by atoms with Gasteiger partial charge in [0.1, 0.15) is 5.82 Å². The first-order chi connectivity index (χ1) is 19.1. The van der Waals surface area contributed by atoms with Gasteiger partial charge in [-0.1, -0.05) is 29.8 Å². The fourth-order valence-electron chi connectivity index (χ4n) is 5.43. The number of aryl methyl sites for hydroxylation is 2. The molecule has 0 radical (unpaired) electrons. The number of allylic oxidation sites excluding steroid dienone is 1. The van der Waals surface area contributed by atoms with Crippen molar-refractivity contribution in [3.05, 3.63) is 74.6 Å². The molecule has 1 fully saturated rings. The van der Waals surface area contributed by atoms with Crippen LogP contribution in [0.2, 0.25) is 5.02 Å². The largest absolute Gasteiger partial charge is 0.463 e. The zero-order chi connectivity index (χ0) is 29.0. The van der Waals surface area contributed by atoms with Gasteiger partial charge in [-0.25, -0.2) is 9.78 Å². The number of nitrogens with zero attached hydrogens (tertiary/aromatic N) is 4. The summed E-state index contributed by atoms with van der Waals surface area (Å²) in [6, 6.07) is 7.36. The molecule has 1 aromatic carbocycles. The van der Waals surface area contributed by atoms with E-state index in [4.69, 9.17) is 21.1 Å². The lowest BCUT2D eigenvalue weighted by molar-refractivity contribution is -0.139. The van der Waals surface area contributed by atoms with Crippen LogP contribution in [0.25, 0.3) is 0 Å². The Kier molecular flexibility index (Phi) is 9.71. The molecule has 0 spiro atoms. The number of aromatic nitrogens is 2. The van der Waals surface area contributed by atoms with Gasteiger partial charge in [-0.3, -0.25) is 4.79 Å². The maximum atomic E-state index is 14.0. The van der Waals surface area contributed by atoms with Crippen LogP contribution in [-0.4, -0.2) is 84.3 Å². The van der Waals surface area contributed by atoms with Crippen LogP contribution >= 0.6 is 11.6 Å². The molecule has 9 nitrogen and oxygen atoms in total. The van der Waals surface area contributed by atoms with E-state index in [0.717, 1.165) is 30.3 Å². The van der Waals surface area contributed by atoms with Crippen molar-refractivity contribution >= 4 is 23.5 Å². The minimum Gasteiger partial charge on any atom is -0.463 e. The van der Waals surface area contributed by atoms with Gasteiger partial charge in [0.25, 0.3) is 5.91 Å². The molecule has 40 heavy (non-hydrogen) atoms. The van der Waals surface area contributed by atoms with Crippen LogP contribution in [0.5, 0.6) is 0 Å². The van der Waals surface area contributed by atoms with Gasteiger partial charge in [0.15, 0.2) is 0 Å². The predicted octanol–water partition coefficient (Wildman–Crippen LogP) is 3.73. The molecule has 1 saturated heterocycles. The van der Waals surface area contributed by atoms with E-state index in [1.807, 2.05) is 57.8 Å². The molecule has 1 aromatic heterocycles. The number of rotatable bonds is 9. The Morgan fingerprint density at radius 3 is 2.40 bits per heavy atom. The van der Waals surface area contributed by atoms with Gasteiger partial charge in [0, 0.05) is 54.7 Å². The molecular formula is C30H40ClN5O4. The number of carbonyl (C=O) groups excluding carboxylic acids is 2. The Morgan fingerprint density at radius 1 is 1.07 bits per heavy atom. The maximum Gasteiger partial charge on any atom is 0.336 e. The summed E-state index contributed by atoms with van der Waals surface area (Å²) < 4.78 is 13.8. The number of likely N-dealkylation sites (N-methyl/N-ethyl adjacent to an activating group) is 1. The number of halogens is 1. The van der Waals surface area contributed by atoms with Crippen LogP contribution in [-0.2, 0) is 25.6 Å². The minimum absolute atomic E-state index is 0.105. The van der Waals surface area contributed by atoms with Crippen molar-refractivity contribution in [2.24, 2.45) is 0 Å². The minimum atomic E-state index is -0.694. The maximum absolute atomic E-state index is 14.0. The van der Waals surface area contributed by atoms with Crippen molar-refractivity contribution in [3.63, 3.8) is 0 Å². The Morgan fingerprint density at radius 2 is 1.77 bits per heavy atom. The number of amides is 1. The lowest BCUT2D eigenvalue weighted by atomic mass is 9.79. The molecule has 4 rings (SSSR count). The highest BCUT2D eigenvalue weighted by atomic mass is 35.5. The van der Waals surface area contributed by atoms with Crippen LogP contribution in [0.15, 0.2) is 46.8 Å². The van der Waals surface area contributed by atoms with Crippen molar-refractivity contribution in [2.45, 2.75) is 47.1 Å². The Hall–Kier alpha value is -3.14. The summed E-state index contributed by atoms with van der Waals surface area (Å²) in [6.07, 6.45) is 0. The lowest BCUT2D eigenvalue weighted by Crippen LogP contribution is -2.49. The first kappa shape index (κ1) is 29.8. The monoisotopic (exact) mass is 569 g/mol. The lowest BCUT2D eigenvalue weighted by Gasteiger charge is -2.37. The molecule has 2 aliphatic heterocycles. The van der Waals surface area contributed by atoms with Crippen molar-refractivity contribution in [1.29, 1.82) is 0 Å². The van der Waals surface area contributed by atoms with Crippen LogP contribution < -0.4 is 5.32 Å². The average molecular weight is 570 g/mol. The molecule has 0 bridgehead atoms. The van der Waals surface area contributed by atoms with Crippen LogP contribution in [0.3, 0.4) is 0 Å². The molecular weight excluding hydrogens is 530 g/mol. The third kappa shape index (κ3) is 6.27. The van der Waals surface area contributed by atoms with Crippen LogP contribution in [0.4, 0.5) is 0 Å². The standard InChI is InChI=1S/C30H40ClN5O4/c1-7-40-30(38)28-25(18-39-17-16-36-21(4)19(2)32-22(36)5)33-20(3)26(27(28)23-10-8-9-11-24(23)31)29(37)35-14-12-34(6)13-15-35/h8-11,27,33H,7,12-18H2,1-6H3. The zero-order valence-corrected chi connectivity index (χ0v) is 25.1. The fourth-order valence-corrected chi connectivity index (χ4v) is 5.67. The van der Waals surface area contributed by atoms with Crippen LogP contribution in [0, 0.1) is 20.8 Å². The van der Waals surface area contributed by atoms with E-state index in [0.29, 0.717) is 59.4 Å². The van der Waals surface area contributed by atoms with Gasteiger partial charge in [-0.2, -0.15) is 0 Å². The Labute approximate surface area is 241 Å². The molecule has 10 heteroatoms. The van der Waals surface area contributed by atoms with Crippen molar-refractivity contribution in [3.8, 4) is 0 Å². The molecule has 0 saturated carbocycles. The number of hydrogen-bond donors (Lipinski definition) is 1. The smallest absolute Gasteiger partial charge is 0.336 e. The zero-order valence-electron chi connectivity index (χ0n) is 24.3.